The van der Waals surface area contributed by atoms with E-state index in [4.69, 9.17) is 4.74 Å². The monoisotopic (exact) mass is 330 g/mol. The highest BCUT2D eigenvalue weighted by molar-refractivity contribution is 9.10. The number of pyridine rings is 1. The minimum absolute atomic E-state index is 0.615. The molecule has 3 rings (SSSR count). The van der Waals surface area contributed by atoms with E-state index >= 15 is 0 Å². The largest absolute Gasteiger partial charge is 0.493 e. The molecule has 2 heterocycles. The van der Waals surface area contributed by atoms with Gasteiger partial charge in [0.2, 0.25) is 0 Å². The Morgan fingerprint density at radius 1 is 1.15 bits per heavy atom. The summed E-state index contributed by atoms with van der Waals surface area (Å²) in [5, 5.41) is 0. The second-order valence-electron chi connectivity index (χ2n) is 4.69. The molecule has 0 aliphatic rings. The summed E-state index contributed by atoms with van der Waals surface area (Å²) in [7, 11) is 0. The lowest BCUT2D eigenvalue weighted by molar-refractivity contribution is 0.318. The molecule has 0 atom stereocenters. The summed E-state index contributed by atoms with van der Waals surface area (Å²) in [6.07, 6.45) is 2.87. The minimum Gasteiger partial charge on any atom is -0.493 e. The smallest absolute Gasteiger partial charge is 0.132 e. The van der Waals surface area contributed by atoms with E-state index in [2.05, 4.69) is 50.6 Å². The lowest BCUT2D eigenvalue weighted by Gasteiger charge is -2.05. The zero-order valence-corrected chi connectivity index (χ0v) is 12.8. The number of ether oxygens (including phenoxy) is 1. The molecule has 0 amide bonds. The SMILES string of the molecule is Cc1ccc2c(Br)nc(CCOc3ccccc3)n2c1. The van der Waals surface area contributed by atoms with Crippen molar-refractivity contribution in [1.29, 1.82) is 0 Å². The standard InChI is InChI=1S/C16H15BrN2O/c1-12-7-8-14-16(17)18-15(19(14)11-12)9-10-20-13-5-3-2-4-6-13/h2-8,11H,9-10H2,1H3. The number of nitrogens with zero attached hydrogens (tertiary/aromatic N) is 2. The summed E-state index contributed by atoms with van der Waals surface area (Å²) in [6, 6.07) is 14.0. The first-order chi connectivity index (χ1) is 9.74. The zero-order chi connectivity index (χ0) is 13.9. The van der Waals surface area contributed by atoms with Gasteiger partial charge in [-0.2, -0.15) is 0 Å². The maximum atomic E-state index is 5.73. The van der Waals surface area contributed by atoms with Crippen LogP contribution >= 0.6 is 15.9 Å². The molecule has 20 heavy (non-hydrogen) atoms. The number of rotatable bonds is 4. The van der Waals surface area contributed by atoms with Crippen LogP contribution in [0.5, 0.6) is 5.75 Å². The van der Waals surface area contributed by atoms with Crippen LogP contribution in [-0.2, 0) is 6.42 Å². The van der Waals surface area contributed by atoms with Gasteiger partial charge in [0.25, 0.3) is 0 Å². The molecule has 0 saturated heterocycles. The van der Waals surface area contributed by atoms with E-state index in [0.29, 0.717) is 6.61 Å². The maximum Gasteiger partial charge on any atom is 0.132 e. The van der Waals surface area contributed by atoms with Crippen molar-refractivity contribution in [2.45, 2.75) is 13.3 Å². The summed E-state index contributed by atoms with van der Waals surface area (Å²) in [4.78, 5) is 4.56. The van der Waals surface area contributed by atoms with Crippen LogP contribution in [0.4, 0.5) is 0 Å². The van der Waals surface area contributed by atoms with Crippen LogP contribution in [0.2, 0.25) is 0 Å². The first-order valence-corrected chi connectivity index (χ1v) is 7.34. The fourth-order valence-electron chi connectivity index (χ4n) is 2.17. The summed E-state index contributed by atoms with van der Waals surface area (Å²) in [5.74, 6) is 1.90. The molecule has 0 aliphatic carbocycles. The molecule has 0 aliphatic heterocycles. The van der Waals surface area contributed by atoms with Gasteiger partial charge in [0.15, 0.2) is 0 Å². The summed E-state index contributed by atoms with van der Waals surface area (Å²) >= 11 is 3.51. The van der Waals surface area contributed by atoms with E-state index in [1.165, 1.54) is 5.56 Å². The van der Waals surface area contributed by atoms with E-state index in [1.54, 1.807) is 0 Å². The van der Waals surface area contributed by atoms with Gasteiger partial charge in [0.05, 0.1) is 12.1 Å². The first kappa shape index (κ1) is 13.2. The second kappa shape index (κ2) is 5.67. The van der Waals surface area contributed by atoms with Crippen molar-refractivity contribution in [3.05, 3.63) is 64.7 Å². The number of fused-ring (bicyclic) bond motifs is 1. The van der Waals surface area contributed by atoms with Crippen molar-refractivity contribution in [2.24, 2.45) is 0 Å². The van der Waals surface area contributed by atoms with Gasteiger partial charge in [-0.05, 0) is 46.6 Å². The Morgan fingerprint density at radius 2 is 1.95 bits per heavy atom. The zero-order valence-electron chi connectivity index (χ0n) is 11.2. The lowest BCUT2D eigenvalue weighted by atomic mass is 10.3. The molecule has 1 aromatic carbocycles. The maximum absolute atomic E-state index is 5.73. The number of aromatic nitrogens is 2. The Kier molecular flexibility index (Phi) is 3.74. The van der Waals surface area contributed by atoms with E-state index in [0.717, 1.165) is 28.1 Å². The molecule has 3 nitrogen and oxygen atoms in total. The Labute approximate surface area is 126 Å². The molecule has 0 radical (unpaired) electrons. The molecular formula is C16H15BrN2O. The van der Waals surface area contributed by atoms with Gasteiger partial charge < -0.3 is 9.14 Å². The predicted octanol–water partition coefficient (Wildman–Crippen LogP) is 4.03. The van der Waals surface area contributed by atoms with Crippen LogP contribution in [0.25, 0.3) is 5.52 Å². The van der Waals surface area contributed by atoms with Gasteiger partial charge in [0, 0.05) is 12.6 Å². The van der Waals surface area contributed by atoms with Crippen LogP contribution in [0.3, 0.4) is 0 Å². The van der Waals surface area contributed by atoms with Gasteiger partial charge in [-0.25, -0.2) is 4.98 Å². The van der Waals surface area contributed by atoms with Crippen LogP contribution in [0, 0.1) is 6.92 Å². The topological polar surface area (TPSA) is 26.5 Å². The normalized spacial score (nSPS) is 10.9. The van der Waals surface area contributed by atoms with Gasteiger partial charge in [0.1, 0.15) is 16.2 Å². The quantitative estimate of drug-likeness (QED) is 0.722. The number of aryl methyl sites for hydroxylation is 1. The molecule has 0 N–H and O–H groups in total. The van der Waals surface area contributed by atoms with Crippen molar-refractivity contribution in [3.63, 3.8) is 0 Å². The highest BCUT2D eigenvalue weighted by Crippen LogP contribution is 2.20. The minimum atomic E-state index is 0.615. The van der Waals surface area contributed by atoms with Crippen molar-refractivity contribution in [2.75, 3.05) is 6.61 Å². The molecule has 0 bridgehead atoms. The van der Waals surface area contributed by atoms with Gasteiger partial charge >= 0.3 is 0 Å². The number of halogens is 1. The highest BCUT2D eigenvalue weighted by Gasteiger charge is 2.09. The summed E-state index contributed by atoms with van der Waals surface area (Å²) in [6.45, 7) is 2.70. The molecule has 102 valence electrons. The Bertz CT molecular complexity index is 722. The average molecular weight is 331 g/mol. The van der Waals surface area contributed by atoms with Gasteiger partial charge in [-0.1, -0.05) is 24.3 Å². The molecule has 0 spiro atoms. The van der Waals surface area contributed by atoms with Crippen molar-refractivity contribution >= 4 is 21.4 Å². The Balaban J connectivity index is 1.76. The summed E-state index contributed by atoms with van der Waals surface area (Å²) in [5.41, 5.74) is 2.30. The predicted molar refractivity (Wildman–Crippen MR) is 83.3 cm³/mol. The number of benzene rings is 1. The molecule has 0 unspecified atom stereocenters. The Hall–Kier alpha value is -1.81. The van der Waals surface area contributed by atoms with Gasteiger partial charge in [-0.15, -0.1) is 0 Å². The number of para-hydroxylation sites is 1. The number of hydrogen-bond donors (Lipinski definition) is 0. The lowest BCUT2D eigenvalue weighted by Crippen LogP contribution is -2.05. The van der Waals surface area contributed by atoms with E-state index < -0.39 is 0 Å². The van der Waals surface area contributed by atoms with Crippen LogP contribution in [0.15, 0.2) is 53.3 Å². The van der Waals surface area contributed by atoms with Crippen molar-refractivity contribution < 1.29 is 4.74 Å². The number of hydrogen-bond acceptors (Lipinski definition) is 2. The fraction of sp³-hybridized carbons (Fsp3) is 0.188. The van der Waals surface area contributed by atoms with Crippen LogP contribution in [-0.4, -0.2) is 16.0 Å². The highest BCUT2D eigenvalue weighted by atomic mass is 79.9. The van der Waals surface area contributed by atoms with Gasteiger partial charge in [-0.3, -0.25) is 0 Å². The third kappa shape index (κ3) is 2.70. The molecule has 3 aromatic rings. The van der Waals surface area contributed by atoms with Crippen LogP contribution < -0.4 is 4.74 Å². The fourth-order valence-corrected chi connectivity index (χ4v) is 2.69. The third-order valence-corrected chi connectivity index (χ3v) is 3.73. The van der Waals surface area contributed by atoms with E-state index in [9.17, 15) is 0 Å². The second-order valence-corrected chi connectivity index (χ2v) is 5.44. The molecule has 0 saturated carbocycles. The first-order valence-electron chi connectivity index (χ1n) is 6.55. The number of imidazole rings is 1. The summed E-state index contributed by atoms with van der Waals surface area (Å²) < 4.78 is 8.73. The molecule has 2 aromatic heterocycles. The molecule has 0 fully saturated rings. The average Bonchev–Trinajstić information content (AvgIpc) is 2.76. The van der Waals surface area contributed by atoms with Crippen LogP contribution in [0.1, 0.15) is 11.4 Å². The molecule has 4 heteroatoms. The Morgan fingerprint density at radius 3 is 2.75 bits per heavy atom. The van der Waals surface area contributed by atoms with E-state index in [-0.39, 0.29) is 0 Å². The third-order valence-electron chi connectivity index (χ3n) is 3.15. The van der Waals surface area contributed by atoms with E-state index in [1.807, 2.05) is 30.3 Å². The van der Waals surface area contributed by atoms with Crippen molar-refractivity contribution in [1.82, 2.24) is 9.38 Å². The van der Waals surface area contributed by atoms with Crippen molar-refractivity contribution in [3.8, 4) is 5.75 Å². The molecular weight excluding hydrogens is 316 g/mol.